The van der Waals surface area contributed by atoms with Crippen LogP contribution in [-0.2, 0) is 14.6 Å². The average molecular weight is 1490 g/mol. The minimum absolute atomic E-state index is 0.0494. The van der Waals surface area contributed by atoms with E-state index in [9.17, 15) is 13.2 Å². The van der Waals surface area contributed by atoms with Crippen molar-refractivity contribution in [1.82, 2.24) is 35.7 Å². The Kier molecular flexibility index (Phi) is 27.3. The number of carbonyl (C=O) groups is 1. The third-order valence-electron chi connectivity index (χ3n) is 18.3. The van der Waals surface area contributed by atoms with Crippen LogP contribution in [0.15, 0.2) is 170 Å². The van der Waals surface area contributed by atoms with Gasteiger partial charge in [-0.2, -0.15) is 0 Å². The maximum atomic E-state index is 11.8. The molecule has 14 rings (SSSR count). The number of aliphatic hydroxyl groups is 2. The number of nitrogens with two attached hydrogens (primary N) is 8. The summed E-state index contributed by atoms with van der Waals surface area (Å²) < 4.78 is 41.7. The second kappa shape index (κ2) is 36.2. The minimum Gasteiger partial charge on any atom is -0.464 e. The van der Waals surface area contributed by atoms with Gasteiger partial charge in [0.15, 0.2) is 15.5 Å². The maximum absolute atomic E-state index is 11.8. The van der Waals surface area contributed by atoms with Crippen LogP contribution >= 0.6 is 0 Å². The first-order valence-corrected chi connectivity index (χ1v) is 37.2. The number of hydrogen-bond acceptors (Lipinski definition) is 21. The third-order valence-corrected chi connectivity index (χ3v) is 19.5. The molecule has 0 saturated heterocycles. The van der Waals surface area contributed by atoms with Gasteiger partial charge >= 0.3 is 5.97 Å². The number of nitrogens with one attached hydrogen (secondary N) is 5. The van der Waals surface area contributed by atoms with Crippen molar-refractivity contribution in [2.75, 3.05) is 171 Å². The SMILES string of the molecule is CCNc1c(N)c2cc(N)ccn2c1C.CCNc1c(N)c2ccccn2c1C.COC(=O)c1c(NCCO)c(N)c2ccccn12.Cc1c(N(C)C)c(N)c2ccccn12.Cc1c(NCCN(C)C)c(N)c2ccccn12.Cc1c(NCCO)c(N)c2ccccn12.Cc1c(S(C)(=O)=O)c(N)c2ccccn12. The van der Waals surface area contributed by atoms with Crippen LogP contribution in [0.2, 0.25) is 0 Å². The number of aromatic nitrogens is 7. The summed E-state index contributed by atoms with van der Waals surface area (Å²) in [4.78, 5) is 16.3. The number of rotatable bonds is 17. The summed E-state index contributed by atoms with van der Waals surface area (Å²) in [6.45, 7) is 20.7. The second-order valence-electron chi connectivity index (χ2n) is 26.0. The van der Waals surface area contributed by atoms with Crippen molar-refractivity contribution in [2.24, 2.45) is 0 Å². The van der Waals surface area contributed by atoms with Crippen LogP contribution in [-0.4, -0.2) is 154 Å². The summed E-state index contributed by atoms with van der Waals surface area (Å²) in [7, 11) is 6.20. The van der Waals surface area contributed by atoms with Crippen LogP contribution in [0.4, 0.5) is 79.6 Å². The Morgan fingerprint density at radius 1 is 0.417 bits per heavy atom. The monoisotopic (exact) mass is 1490 g/mol. The van der Waals surface area contributed by atoms with Gasteiger partial charge in [0.2, 0.25) is 0 Å². The van der Waals surface area contributed by atoms with Crippen LogP contribution in [0.3, 0.4) is 0 Å². The molecule has 0 radical (unpaired) electrons. The smallest absolute Gasteiger partial charge is 0.357 e. The van der Waals surface area contributed by atoms with Gasteiger partial charge in [0.25, 0.3) is 0 Å². The number of fused-ring (bicyclic) bond motifs is 7. The Balaban J connectivity index is 0.000000159. The van der Waals surface area contributed by atoms with E-state index in [2.05, 4.69) is 98.3 Å². The lowest BCUT2D eigenvalue weighted by Gasteiger charge is -2.12. The molecule has 0 fully saturated rings. The summed E-state index contributed by atoms with van der Waals surface area (Å²) in [5.74, 6) is -0.478. The van der Waals surface area contributed by atoms with Gasteiger partial charge in [-0.1, -0.05) is 36.4 Å². The lowest BCUT2D eigenvalue weighted by molar-refractivity contribution is 0.0594. The number of aryl methyl sites for hydroxylation is 6. The largest absolute Gasteiger partial charge is 0.464 e. The Hall–Kier alpha value is -12.2. The van der Waals surface area contributed by atoms with E-state index < -0.39 is 15.8 Å². The van der Waals surface area contributed by atoms with Crippen molar-refractivity contribution in [3.63, 3.8) is 0 Å². The highest BCUT2D eigenvalue weighted by molar-refractivity contribution is 7.91. The molecule has 108 heavy (non-hydrogen) atoms. The van der Waals surface area contributed by atoms with E-state index in [-0.39, 0.29) is 18.1 Å². The highest BCUT2D eigenvalue weighted by atomic mass is 32.2. The summed E-state index contributed by atoms with van der Waals surface area (Å²) >= 11 is 0. The fraction of sp³-hybridized carbons (Fsp3) is 0.278. The fourth-order valence-corrected chi connectivity index (χ4v) is 14.3. The average Bonchev–Trinajstić information content (AvgIpc) is 1.60. The zero-order valence-electron chi connectivity index (χ0n) is 64.3. The molecule has 23 N–H and O–H groups in total. The van der Waals surface area contributed by atoms with Gasteiger partial charge in [0, 0.05) is 143 Å². The first-order chi connectivity index (χ1) is 51.5. The highest BCUT2D eigenvalue weighted by Gasteiger charge is 2.24. The van der Waals surface area contributed by atoms with Gasteiger partial charge in [-0.05, 0) is 154 Å². The van der Waals surface area contributed by atoms with Gasteiger partial charge in [-0.25, -0.2) is 13.2 Å². The van der Waals surface area contributed by atoms with Crippen LogP contribution in [0, 0.1) is 41.5 Å². The zero-order valence-corrected chi connectivity index (χ0v) is 65.1. The number of pyridine rings is 7. The lowest BCUT2D eigenvalue weighted by atomic mass is 10.3. The number of aliphatic hydroxyl groups excluding tert-OH is 2. The Labute approximate surface area is 631 Å². The number of carbonyl (C=O) groups excluding carboxylic acids is 1. The standard InChI is InChI=1S/C13H20N4.C12H15N3O3.C11H16N4.C11H15N3O.2C11H15N3.C10H12N2O2S/c1-10-13(15-7-9-16(2)3)12(14)11-6-4-5-8-17(10)11;1-18-12(17)11-10(14-5-7-16)9(13)8-4-2-3-6-15(8)11;1-3-14-11-7(2)15-5-4-8(12)6-9(15)10(11)13;1-8-11(13-5-7-15)10(12)9-4-2-3-6-14(8)9;1-8-11(13(2)3)10(12)9-6-4-5-7-14(8)9;1-3-13-11-8(2)14-7-5-4-6-9(14)10(11)12;1-7-10(15(2,13)14)9(11)8-5-3-4-6-12(7)8/h4-6,8,15H,7,9,14H2,1-3H3;2-4,6,14,16H,5,7,13H2,1H3;4-6,14H,3,12-13H2,1-2H3;2-4,6,13,15H,5,7,12H2,1H3;4-7H,12H2,1-3H3;4-7,13H,3,12H2,1-2H3;3-6H,11H2,1-2H3. The van der Waals surface area contributed by atoms with Crippen LogP contribution in [0.1, 0.15) is 58.5 Å². The summed E-state index contributed by atoms with van der Waals surface area (Å²) in [5, 5.41) is 33.7. The quantitative estimate of drug-likeness (QED) is 0.0377. The van der Waals surface area contributed by atoms with E-state index in [1.54, 1.807) is 40.3 Å². The molecule has 29 heteroatoms. The number of sulfone groups is 1. The molecule has 0 aliphatic carbocycles. The maximum Gasteiger partial charge on any atom is 0.357 e. The molecule has 576 valence electrons. The number of esters is 1. The summed E-state index contributed by atoms with van der Waals surface area (Å²) in [5.41, 5.74) is 72.4. The molecule has 0 saturated carbocycles. The molecule has 0 amide bonds. The number of ether oxygens (including phenoxy) is 1. The number of nitrogens with zero attached hydrogens (tertiary/aromatic N) is 9. The van der Waals surface area contributed by atoms with E-state index in [4.69, 9.17) is 60.8 Å². The Morgan fingerprint density at radius 2 is 0.741 bits per heavy atom. The number of likely N-dealkylation sites (N-methyl/N-ethyl adjacent to an activating group) is 1. The molecular formula is C79H108N22O6S. The normalized spacial score (nSPS) is 11.0. The summed E-state index contributed by atoms with van der Waals surface area (Å²) in [6.07, 6.45) is 14.7. The Bertz CT molecular complexity index is 5330. The zero-order chi connectivity index (χ0) is 79.0. The predicted octanol–water partition coefficient (Wildman–Crippen LogP) is 11.0. The first kappa shape index (κ1) is 81.5. The predicted molar refractivity (Wildman–Crippen MR) is 451 cm³/mol. The van der Waals surface area contributed by atoms with E-state index in [1.165, 1.54) is 24.8 Å². The van der Waals surface area contributed by atoms with E-state index in [0.29, 0.717) is 41.5 Å². The highest BCUT2D eigenvalue weighted by Crippen LogP contribution is 2.37. The topological polar surface area (TPSA) is 407 Å². The van der Waals surface area contributed by atoms with Gasteiger partial charge < -0.3 is 128 Å². The van der Waals surface area contributed by atoms with Crippen molar-refractivity contribution < 1.29 is 28.2 Å². The van der Waals surface area contributed by atoms with Gasteiger partial charge in [-0.15, -0.1) is 0 Å². The van der Waals surface area contributed by atoms with Gasteiger partial charge in [0.1, 0.15) is 4.90 Å². The molecule has 0 atom stereocenters. The number of anilines is 14. The molecule has 0 aliphatic rings. The minimum atomic E-state index is -3.27. The molecule has 0 aliphatic heterocycles. The molecule has 0 unspecified atom stereocenters. The van der Waals surface area contributed by atoms with E-state index in [1.807, 2.05) is 177 Å². The summed E-state index contributed by atoms with van der Waals surface area (Å²) in [6, 6.07) is 38.7. The van der Waals surface area contributed by atoms with Crippen molar-refractivity contribution in [3.05, 3.63) is 205 Å². The van der Waals surface area contributed by atoms with Crippen LogP contribution in [0.25, 0.3) is 38.6 Å². The van der Waals surface area contributed by atoms with Crippen molar-refractivity contribution >= 4 is 134 Å². The third kappa shape index (κ3) is 17.5. The van der Waals surface area contributed by atoms with Crippen molar-refractivity contribution in [2.45, 2.75) is 60.3 Å². The molecule has 14 aromatic heterocycles. The van der Waals surface area contributed by atoms with Crippen molar-refractivity contribution in [1.29, 1.82) is 0 Å². The second-order valence-corrected chi connectivity index (χ2v) is 28.0. The van der Waals surface area contributed by atoms with Crippen LogP contribution in [0.5, 0.6) is 0 Å². The fourth-order valence-electron chi connectivity index (χ4n) is 13.2. The number of methoxy groups -OCH3 is 1. The lowest BCUT2D eigenvalue weighted by Crippen LogP contribution is -2.21. The molecule has 14 heterocycles. The molecule has 0 bridgehead atoms. The molecule has 0 aromatic carbocycles. The first-order valence-electron chi connectivity index (χ1n) is 35.3. The van der Waals surface area contributed by atoms with E-state index >= 15 is 0 Å². The molecular weight excluding hydrogens is 1390 g/mol. The van der Waals surface area contributed by atoms with Gasteiger partial charge in [0.05, 0.1) is 133 Å². The Morgan fingerprint density at radius 3 is 1.09 bits per heavy atom. The van der Waals surface area contributed by atoms with Gasteiger partial charge in [-0.3, -0.25) is 0 Å². The van der Waals surface area contributed by atoms with Crippen molar-refractivity contribution in [3.8, 4) is 0 Å². The molecule has 0 spiro atoms. The number of hydrogen-bond donors (Lipinski definition) is 15. The number of nitrogen functional groups attached to an aromatic ring is 8. The van der Waals surface area contributed by atoms with Crippen LogP contribution < -0.4 is 77.4 Å². The van der Waals surface area contributed by atoms with E-state index in [0.717, 1.165) is 144 Å². The molecule has 14 aromatic rings. The molecule has 28 nitrogen and oxygen atoms in total.